The van der Waals surface area contributed by atoms with Crippen LogP contribution in [0.15, 0.2) is 29.1 Å². The van der Waals surface area contributed by atoms with Crippen molar-refractivity contribution in [2.75, 3.05) is 6.54 Å². The van der Waals surface area contributed by atoms with Crippen LogP contribution in [0.1, 0.15) is 22.8 Å². The standard InChI is InChI=1S/C14H17N3O2/c1-8(7-15)16-13(18)12-9(2)10-5-3-4-6-11(10)17-14(12)19/h3-6,8H,7,15H2,1-2H3,(H,16,18)(H,17,19)/t8-/m0/s1. The van der Waals surface area contributed by atoms with Crippen LogP contribution in [0.2, 0.25) is 0 Å². The van der Waals surface area contributed by atoms with E-state index in [0.29, 0.717) is 12.1 Å². The third kappa shape index (κ3) is 2.51. The Labute approximate surface area is 110 Å². The summed E-state index contributed by atoms with van der Waals surface area (Å²) in [5.41, 5.74) is 6.65. The van der Waals surface area contributed by atoms with Crippen LogP contribution in [-0.4, -0.2) is 23.5 Å². The third-order valence-electron chi connectivity index (χ3n) is 3.14. The molecule has 0 saturated heterocycles. The van der Waals surface area contributed by atoms with E-state index in [4.69, 9.17) is 5.73 Å². The second kappa shape index (κ2) is 5.24. The molecule has 5 heteroatoms. The van der Waals surface area contributed by atoms with Crippen LogP contribution in [-0.2, 0) is 0 Å². The van der Waals surface area contributed by atoms with Crippen molar-refractivity contribution >= 4 is 16.8 Å². The second-order valence-electron chi connectivity index (χ2n) is 4.61. The number of aryl methyl sites for hydroxylation is 1. The number of carbonyl (C=O) groups excluding carboxylic acids is 1. The van der Waals surface area contributed by atoms with Crippen molar-refractivity contribution in [2.24, 2.45) is 5.73 Å². The van der Waals surface area contributed by atoms with E-state index in [1.807, 2.05) is 24.3 Å². The molecule has 2 aromatic rings. The highest BCUT2D eigenvalue weighted by molar-refractivity contribution is 5.99. The number of rotatable bonds is 3. The highest BCUT2D eigenvalue weighted by atomic mass is 16.2. The van der Waals surface area contributed by atoms with Gasteiger partial charge in [0.15, 0.2) is 0 Å². The van der Waals surface area contributed by atoms with Gasteiger partial charge in [0.05, 0.1) is 0 Å². The lowest BCUT2D eigenvalue weighted by Crippen LogP contribution is -2.40. The fourth-order valence-electron chi connectivity index (χ4n) is 2.04. The Morgan fingerprint density at radius 2 is 2.11 bits per heavy atom. The summed E-state index contributed by atoms with van der Waals surface area (Å²) in [6, 6.07) is 7.24. The maximum absolute atomic E-state index is 12.1. The zero-order valence-corrected chi connectivity index (χ0v) is 11.0. The van der Waals surface area contributed by atoms with E-state index in [1.165, 1.54) is 0 Å². The van der Waals surface area contributed by atoms with Crippen LogP contribution < -0.4 is 16.6 Å². The predicted octanol–water partition coefficient (Wildman–Crippen LogP) is 0.914. The molecule has 1 atom stereocenters. The third-order valence-corrected chi connectivity index (χ3v) is 3.14. The molecule has 0 spiro atoms. The van der Waals surface area contributed by atoms with Crippen LogP contribution >= 0.6 is 0 Å². The summed E-state index contributed by atoms with van der Waals surface area (Å²) in [6.07, 6.45) is 0. The van der Waals surface area contributed by atoms with Crippen LogP contribution in [0.4, 0.5) is 0 Å². The van der Waals surface area contributed by atoms with Gasteiger partial charge < -0.3 is 16.0 Å². The molecule has 0 saturated carbocycles. The first kappa shape index (κ1) is 13.3. The molecular formula is C14H17N3O2. The molecule has 0 fully saturated rings. The molecule has 4 N–H and O–H groups in total. The van der Waals surface area contributed by atoms with Gasteiger partial charge in [0.2, 0.25) is 0 Å². The zero-order chi connectivity index (χ0) is 14.0. The molecular weight excluding hydrogens is 242 g/mol. The first-order chi connectivity index (χ1) is 9.04. The Bertz CT molecular complexity index is 676. The van der Waals surface area contributed by atoms with Crippen LogP contribution in [0, 0.1) is 6.92 Å². The van der Waals surface area contributed by atoms with E-state index in [0.717, 1.165) is 10.9 Å². The molecule has 1 aromatic heterocycles. The van der Waals surface area contributed by atoms with Gasteiger partial charge in [-0.25, -0.2) is 0 Å². The van der Waals surface area contributed by atoms with Gasteiger partial charge in [-0.05, 0) is 25.5 Å². The maximum atomic E-state index is 12.1. The normalized spacial score (nSPS) is 12.4. The SMILES string of the molecule is Cc1c(C(=O)N[C@@H](C)CN)c(=O)[nH]c2ccccc12. The molecule has 19 heavy (non-hydrogen) atoms. The Morgan fingerprint density at radius 3 is 2.79 bits per heavy atom. The zero-order valence-electron chi connectivity index (χ0n) is 11.0. The van der Waals surface area contributed by atoms with Gasteiger partial charge in [-0.2, -0.15) is 0 Å². The Balaban J connectivity index is 2.55. The summed E-state index contributed by atoms with van der Waals surface area (Å²) in [7, 11) is 0. The monoisotopic (exact) mass is 259 g/mol. The number of carbonyl (C=O) groups is 1. The number of amides is 1. The number of hydrogen-bond donors (Lipinski definition) is 3. The number of para-hydroxylation sites is 1. The second-order valence-corrected chi connectivity index (χ2v) is 4.61. The number of nitrogens with two attached hydrogens (primary N) is 1. The molecule has 0 aliphatic rings. The van der Waals surface area contributed by atoms with Gasteiger partial charge in [-0.3, -0.25) is 9.59 Å². The summed E-state index contributed by atoms with van der Waals surface area (Å²) >= 11 is 0. The van der Waals surface area contributed by atoms with Gasteiger partial charge in [0, 0.05) is 23.5 Å². The van der Waals surface area contributed by atoms with E-state index in [1.54, 1.807) is 13.8 Å². The average Bonchev–Trinajstić information content (AvgIpc) is 2.38. The van der Waals surface area contributed by atoms with Gasteiger partial charge in [0.1, 0.15) is 5.56 Å². The molecule has 5 nitrogen and oxygen atoms in total. The molecule has 0 radical (unpaired) electrons. The summed E-state index contributed by atoms with van der Waals surface area (Å²) in [4.78, 5) is 26.9. The number of hydrogen-bond acceptors (Lipinski definition) is 3. The van der Waals surface area contributed by atoms with Crippen molar-refractivity contribution < 1.29 is 4.79 Å². The van der Waals surface area contributed by atoms with E-state index in [9.17, 15) is 9.59 Å². The topological polar surface area (TPSA) is 88.0 Å². The number of benzene rings is 1. The lowest BCUT2D eigenvalue weighted by Gasteiger charge is -2.13. The molecule has 0 bridgehead atoms. The maximum Gasteiger partial charge on any atom is 0.261 e. The summed E-state index contributed by atoms with van der Waals surface area (Å²) in [6.45, 7) is 3.90. The summed E-state index contributed by atoms with van der Waals surface area (Å²) < 4.78 is 0. The van der Waals surface area contributed by atoms with Crippen LogP contribution in [0.5, 0.6) is 0 Å². The minimum Gasteiger partial charge on any atom is -0.348 e. The van der Waals surface area contributed by atoms with Crippen molar-refractivity contribution in [3.8, 4) is 0 Å². The molecule has 0 aliphatic heterocycles. The first-order valence-electron chi connectivity index (χ1n) is 6.17. The molecule has 0 unspecified atom stereocenters. The summed E-state index contributed by atoms with van der Waals surface area (Å²) in [5.74, 6) is -0.387. The number of H-pyrrole nitrogens is 1. The van der Waals surface area contributed by atoms with Crippen molar-refractivity contribution in [1.82, 2.24) is 10.3 Å². The molecule has 1 heterocycles. The number of nitrogens with one attached hydrogen (secondary N) is 2. The molecule has 2 rings (SSSR count). The van der Waals surface area contributed by atoms with Crippen molar-refractivity contribution in [2.45, 2.75) is 19.9 Å². The lowest BCUT2D eigenvalue weighted by atomic mass is 10.0. The predicted molar refractivity (Wildman–Crippen MR) is 75.3 cm³/mol. The van der Waals surface area contributed by atoms with Gasteiger partial charge in [0.25, 0.3) is 11.5 Å². The van der Waals surface area contributed by atoms with Crippen molar-refractivity contribution in [1.29, 1.82) is 0 Å². The number of aromatic amines is 1. The largest absolute Gasteiger partial charge is 0.348 e. The van der Waals surface area contributed by atoms with Crippen LogP contribution in [0.3, 0.4) is 0 Å². The van der Waals surface area contributed by atoms with Gasteiger partial charge >= 0.3 is 0 Å². The highest BCUT2D eigenvalue weighted by Gasteiger charge is 2.17. The molecule has 1 aromatic carbocycles. The Hall–Kier alpha value is -2.14. The van der Waals surface area contributed by atoms with E-state index >= 15 is 0 Å². The first-order valence-corrected chi connectivity index (χ1v) is 6.17. The quantitative estimate of drug-likeness (QED) is 0.765. The van der Waals surface area contributed by atoms with Gasteiger partial charge in [-0.1, -0.05) is 18.2 Å². The van der Waals surface area contributed by atoms with E-state index in [-0.39, 0.29) is 23.1 Å². The van der Waals surface area contributed by atoms with Crippen LogP contribution in [0.25, 0.3) is 10.9 Å². The van der Waals surface area contributed by atoms with Crippen molar-refractivity contribution in [3.63, 3.8) is 0 Å². The fraction of sp³-hybridized carbons (Fsp3) is 0.286. The van der Waals surface area contributed by atoms with Gasteiger partial charge in [-0.15, -0.1) is 0 Å². The molecule has 1 amide bonds. The Kier molecular flexibility index (Phi) is 3.66. The highest BCUT2D eigenvalue weighted by Crippen LogP contribution is 2.16. The average molecular weight is 259 g/mol. The van der Waals surface area contributed by atoms with E-state index in [2.05, 4.69) is 10.3 Å². The molecule has 100 valence electrons. The lowest BCUT2D eigenvalue weighted by molar-refractivity contribution is 0.0939. The smallest absolute Gasteiger partial charge is 0.261 e. The summed E-state index contributed by atoms with van der Waals surface area (Å²) in [5, 5.41) is 3.58. The number of fused-ring (bicyclic) bond motifs is 1. The fourth-order valence-corrected chi connectivity index (χ4v) is 2.04. The minimum absolute atomic E-state index is 0.152. The molecule has 0 aliphatic carbocycles. The minimum atomic E-state index is -0.387. The van der Waals surface area contributed by atoms with E-state index < -0.39 is 0 Å². The number of aromatic nitrogens is 1. The number of pyridine rings is 1. The Morgan fingerprint density at radius 1 is 1.42 bits per heavy atom. The van der Waals surface area contributed by atoms with Crippen molar-refractivity contribution in [3.05, 3.63) is 45.7 Å².